The molecule has 0 atom stereocenters. The van der Waals surface area contributed by atoms with E-state index < -0.39 is 10.9 Å². The second-order valence-electron chi connectivity index (χ2n) is 5.50. The summed E-state index contributed by atoms with van der Waals surface area (Å²) in [7, 11) is 2.94. The number of hydrogen-bond acceptors (Lipinski definition) is 5. The summed E-state index contributed by atoms with van der Waals surface area (Å²) in [6.45, 7) is 0.334. The maximum Gasteiger partial charge on any atom is 0.337 e. The van der Waals surface area contributed by atoms with Crippen LogP contribution in [0.4, 0.5) is 5.69 Å². The summed E-state index contributed by atoms with van der Waals surface area (Å²) >= 11 is 0. The second kappa shape index (κ2) is 8.05. The van der Waals surface area contributed by atoms with Crippen LogP contribution in [0.15, 0.2) is 48.5 Å². The van der Waals surface area contributed by atoms with E-state index in [9.17, 15) is 19.7 Å². The predicted octanol–water partition coefficient (Wildman–Crippen LogP) is 2.58. The molecule has 0 saturated heterocycles. The Morgan fingerprint density at radius 1 is 1.12 bits per heavy atom. The summed E-state index contributed by atoms with van der Waals surface area (Å²) in [5.74, 6) is -0.654. The molecule has 0 fully saturated rings. The Morgan fingerprint density at radius 3 is 2.36 bits per heavy atom. The minimum atomic E-state index is -0.492. The number of hydrogen-bond donors (Lipinski definition) is 0. The van der Waals surface area contributed by atoms with Gasteiger partial charge in [0.25, 0.3) is 5.69 Å². The molecule has 0 unspecified atom stereocenters. The van der Waals surface area contributed by atoms with Crippen molar-refractivity contribution in [3.8, 4) is 0 Å². The SMILES string of the molecule is COC(=O)c1ccc(CN(C)C(=O)Cc2ccccc2[N+](=O)[O-])cc1. The highest BCUT2D eigenvalue weighted by atomic mass is 16.6. The molecule has 130 valence electrons. The Hall–Kier alpha value is -3.22. The number of amides is 1. The molecule has 0 aromatic heterocycles. The van der Waals surface area contributed by atoms with Crippen LogP contribution >= 0.6 is 0 Å². The first-order chi connectivity index (χ1) is 11.9. The Balaban J connectivity index is 2.03. The van der Waals surface area contributed by atoms with Crippen LogP contribution in [0, 0.1) is 10.1 Å². The molecule has 0 aliphatic heterocycles. The van der Waals surface area contributed by atoms with Crippen LogP contribution < -0.4 is 0 Å². The van der Waals surface area contributed by atoms with Gasteiger partial charge in [-0.1, -0.05) is 30.3 Å². The molecule has 0 heterocycles. The molecule has 2 aromatic rings. The molecule has 2 aromatic carbocycles. The number of methoxy groups -OCH3 is 1. The predicted molar refractivity (Wildman–Crippen MR) is 91.1 cm³/mol. The summed E-state index contributed by atoms with van der Waals surface area (Å²) in [6, 6.07) is 12.9. The number of likely N-dealkylation sites (N-methyl/N-ethyl adjacent to an activating group) is 1. The smallest absolute Gasteiger partial charge is 0.337 e. The highest BCUT2D eigenvalue weighted by Crippen LogP contribution is 2.19. The monoisotopic (exact) mass is 342 g/mol. The van der Waals surface area contributed by atoms with E-state index in [1.165, 1.54) is 18.1 Å². The third-order valence-electron chi connectivity index (χ3n) is 3.75. The molecule has 0 radical (unpaired) electrons. The van der Waals surface area contributed by atoms with Crippen LogP contribution in [0.3, 0.4) is 0 Å². The van der Waals surface area contributed by atoms with Gasteiger partial charge >= 0.3 is 5.97 Å². The van der Waals surface area contributed by atoms with E-state index in [4.69, 9.17) is 0 Å². The molecule has 7 heteroatoms. The third-order valence-corrected chi connectivity index (χ3v) is 3.75. The van der Waals surface area contributed by atoms with E-state index >= 15 is 0 Å². The zero-order chi connectivity index (χ0) is 18.4. The number of nitro groups is 1. The minimum absolute atomic E-state index is 0.0477. The molecule has 0 spiro atoms. The van der Waals surface area contributed by atoms with Gasteiger partial charge in [-0.15, -0.1) is 0 Å². The van der Waals surface area contributed by atoms with E-state index in [0.717, 1.165) is 5.56 Å². The molecule has 7 nitrogen and oxygen atoms in total. The average molecular weight is 342 g/mol. The van der Waals surface area contributed by atoms with Gasteiger partial charge in [-0.2, -0.15) is 0 Å². The molecule has 0 saturated carbocycles. The minimum Gasteiger partial charge on any atom is -0.465 e. The van der Waals surface area contributed by atoms with E-state index in [-0.39, 0.29) is 18.0 Å². The maximum absolute atomic E-state index is 12.3. The standard InChI is InChI=1S/C18H18N2O5/c1-19(12-13-7-9-14(10-8-13)18(22)25-2)17(21)11-15-5-3-4-6-16(15)20(23)24/h3-10H,11-12H2,1-2H3. The normalized spacial score (nSPS) is 10.2. The second-order valence-corrected chi connectivity index (χ2v) is 5.50. The molecule has 0 bridgehead atoms. The number of carbonyl (C=O) groups is 2. The number of ether oxygens (including phenoxy) is 1. The van der Waals surface area contributed by atoms with Crippen molar-refractivity contribution in [3.05, 3.63) is 75.3 Å². The van der Waals surface area contributed by atoms with Crippen molar-refractivity contribution >= 4 is 17.6 Å². The average Bonchev–Trinajstić information content (AvgIpc) is 2.61. The van der Waals surface area contributed by atoms with Crippen LogP contribution in [0.5, 0.6) is 0 Å². The largest absolute Gasteiger partial charge is 0.465 e. The molecule has 0 aliphatic carbocycles. The van der Waals surface area contributed by atoms with Crippen LogP contribution in [0.2, 0.25) is 0 Å². The van der Waals surface area contributed by atoms with Gasteiger partial charge in [-0.05, 0) is 17.7 Å². The van der Waals surface area contributed by atoms with Crippen LogP contribution in [-0.2, 0) is 22.5 Å². The van der Waals surface area contributed by atoms with E-state index in [1.54, 1.807) is 49.5 Å². The maximum atomic E-state index is 12.3. The van der Waals surface area contributed by atoms with Crippen molar-refractivity contribution in [2.24, 2.45) is 0 Å². The first-order valence-electron chi connectivity index (χ1n) is 7.56. The van der Waals surface area contributed by atoms with Gasteiger partial charge in [-0.25, -0.2) is 4.79 Å². The summed E-state index contributed by atoms with van der Waals surface area (Å²) in [6.07, 6.45) is -0.0477. The zero-order valence-corrected chi connectivity index (χ0v) is 14.0. The van der Waals surface area contributed by atoms with Gasteiger partial charge in [0.05, 0.1) is 24.0 Å². The lowest BCUT2D eigenvalue weighted by Gasteiger charge is -2.17. The van der Waals surface area contributed by atoms with E-state index in [2.05, 4.69) is 4.74 Å². The molecule has 2 rings (SSSR count). The Bertz CT molecular complexity index is 786. The molecule has 0 N–H and O–H groups in total. The number of benzene rings is 2. The van der Waals surface area contributed by atoms with Crippen molar-refractivity contribution in [2.45, 2.75) is 13.0 Å². The van der Waals surface area contributed by atoms with Crippen molar-refractivity contribution in [2.75, 3.05) is 14.2 Å². The van der Waals surface area contributed by atoms with Crippen LogP contribution in [-0.4, -0.2) is 35.9 Å². The number of esters is 1. The van der Waals surface area contributed by atoms with E-state index in [1.807, 2.05) is 0 Å². The molecule has 25 heavy (non-hydrogen) atoms. The van der Waals surface area contributed by atoms with E-state index in [0.29, 0.717) is 17.7 Å². The first-order valence-corrected chi connectivity index (χ1v) is 7.56. The van der Waals surface area contributed by atoms with Gasteiger partial charge in [0.2, 0.25) is 5.91 Å². The summed E-state index contributed by atoms with van der Waals surface area (Å²) in [4.78, 5) is 35.8. The highest BCUT2D eigenvalue weighted by Gasteiger charge is 2.18. The van der Waals surface area contributed by atoms with Crippen LogP contribution in [0.1, 0.15) is 21.5 Å². The fourth-order valence-corrected chi connectivity index (χ4v) is 2.36. The summed E-state index contributed by atoms with van der Waals surface area (Å²) < 4.78 is 4.63. The highest BCUT2D eigenvalue weighted by molar-refractivity contribution is 5.89. The topological polar surface area (TPSA) is 89.8 Å². The number of nitro benzene ring substituents is 1. The number of para-hydroxylation sites is 1. The van der Waals surface area contributed by atoms with Crippen molar-refractivity contribution < 1.29 is 19.2 Å². The van der Waals surface area contributed by atoms with Gasteiger partial charge in [0, 0.05) is 25.2 Å². The summed E-state index contributed by atoms with van der Waals surface area (Å²) in [5, 5.41) is 11.0. The molecule has 1 amide bonds. The summed E-state index contributed by atoms with van der Waals surface area (Å²) in [5.41, 5.74) is 1.59. The van der Waals surface area contributed by atoms with Crippen molar-refractivity contribution in [1.29, 1.82) is 0 Å². The quantitative estimate of drug-likeness (QED) is 0.457. The molecule has 0 aliphatic rings. The van der Waals surface area contributed by atoms with Gasteiger partial charge in [0.1, 0.15) is 0 Å². The fraction of sp³-hybridized carbons (Fsp3) is 0.222. The lowest BCUT2D eigenvalue weighted by molar-refractivity contribution is -0.385. The first kappa shape index (κ1) is 18.1. The van der Waals surface area contributed by atoms with Crippen molar-refractivity contribution in [1.82, 2.24) is 4.90 Å². The molecular weight excluding hydrogens is 324 g/mol. The third kappa shape index (κ3) is 4.63. The van der Waals surface area contributed by atoms with Gasteiger partial charge in [0.15, 0.2) is 0 Å². The fourth-order valence-electron chi connectivity index (χ4n) is 2.36. The van der Waals surface area contributed by atoms with Gasteiger partial charge < -0.3 is 9.64 Å². The molecular formula is C18H18N2O5. The Labute approximate surface area is 145 Å². The van der Waals surface area contributed by atoms with Crippen LogP contribution in [0.25, 0.3) is 0 Å². The lowest BCUT2D eigenvalue weighted by Crippen LogP contribution is -2.28. The number of rotatable bonds is 6. The number of carbonyl (C=O) groups excluding carboxylic acids is 2. The lowest BCUT2D eigenvalue weighted by atomic mass is 10.1. The Morgan fingerprint density at radius 2 is 1.76 bits per heavy atom. The van der Waals surface area contributed by atoms with Crippen molar-refractivity contribution in [3.63, 3.8) is 0 Å². The van der Waals surface area contributed by atoms with Gasteiger partial charge in [-0.3, -0.25) is 14.9 Å². The number of nitrogens with zero attached hydrogens (tertiary/aromatic N) is 2. The zero-order valence-electron chi connectivity index (χ0n) is 14.0. The Kier molecular flexibility index (Phi) is 5.84.